The molecule has 16 nitrogen and oxygen atoms in total. The summed E-state index contributed by atoms with van der Waals surface area (Å²) in [6, 6.07) is 1.68. The first-order valence-electron chi connectivity index (χ1n) is 21.0. The van der Waals surface area contributed by atoms with Crippen molar-refractivity contribution in [1.82, 2.24) is 50.3 Å². The van der Waals surface area contributed by atoms with Crippen LogP contribution in [0.5, 0.6) is 0 Å². The molecule has 4 atom stereocenters. The molecule has 2 spiro atoms. The fourth-order valence-corrected chi connectivity index (χ4v) is 10.7. The van der Waals surface area contributed by atoms with Crippen LogP contribution in [0, 0.1) is 45.9 Å². The van der Waals surface area contributed by atoms with Crippen LogP contribution in [0.3, 0.4) is 0 Å². The molecule has 4 saturated carbocycles. The van der Waals surface area contributed by atoms with Crippen LogP contribution in [0.4, 0.5) is 29.2 Å². The van der Waals surface area contributed by atoms with Crippen LogP contribution in [0.25, 0.3) is 45.1 Å². The third-order valence-corrected chi connectivity index (χ3v) is 13.6. The van der Waals surface area contributed by atoms with Crippen LogP contribution in [0.1, 0.15) is 89.9 Å². The van der Waals surface area contributed by atoms with Crippen molar-refractivity contribution in [3.8, 4) is 23.0 Å². The second-order valence-corrected chi connectivity index (χ2v) is 17.1. The molecule has 0 amide bonds. The molecule has 62 heavy (non-hydrogen) atoms. The lowest BCUT2D eigenvalue weighted by Crippen LogP contribution is -2.50. The molecule has 4 unspecified atom stereocenters. The van der Waals surface area contributed by atoms with Gasteiger partial charge in [-0.15, -0.1) is 0 Å². The minimum atomic E-state index is -0.876. The maximum Gasteiger partial charge on any atom is 0.308 e. The van der Waals surface area contributed by atoms with Gasteiger partial charge in [-0.3, -0.25) is 19.8 Å². The zero-order chi connectivity index (χ0) is 43.2. The van der Waals surface area contributed by atoms with Crippen molar-refractivity contribution >= 4 is 45.6 Å². The summed E-state index contributed by atoms with van der Waals surface area (Å²) in [4.78, 5) is 48.5. The number of H-pyrrole nitrogens is 2. The molecule has 6 aromatic rings. The van der Waals surface area contributed by atoms with Gasteiger partial charge in [-0.1, -0.05) is 38.5 Å². The summed E-state index contributed by atoms with van der Waals surface area (Å²) in [6.07, 6.45) is 16.7. The largest absolute Gasteiger partial charge is 0.481 e. The van der Waals surface area contributed by atoms with Crippen molar-refractivity contribution < 1.29 is 37.4 Å². The monoisotopic (exact) mass is 856 g/mol. The van der Waals surface area contributed by atoms with Gasteiger partial charge in [0.1, 0.15) is 23.0 Å². The van der Waals surface area contributed by atoms with Crippen LogP contribution in [0.2, 0.25) is 0 Å². The lowest BCUT2D eigenvalue weighted by Gasteiger charge is -2.45. The van der Waals surface area contributed by atoms with Gasteiger partial charge in [-0.2, -0.15) is 10.2 Å². The minimum Gasteiger partial charge on any atom is -0.481 e. The summed E-state index contributed by atoms with van der Waals surface area (Å²) in [5, 5.41) is 40.2. The number of halogens is 4. The van der Waals surface area contributed by atoms with Gasteiger partial charge in [-0.25, -0.2) is 47.5 Å². The molecule has 0 radical (unpaired) electrons. The van der Waals surface area contributed by atoms with Gasteiger partial charge in [0, 0.05) is 12.1 Å². The van der Waals surface area contributed by atoms with Crippen molar-refractivity contribution in [1.29, 1.82) is 0 Å². The Kier molecular flexibility index (Phi) is 10.9. The molecule has 6 heterocycles. The topological polar surface area (TPSA) is 233 Å². The Labute approximate surface area is 351 Å². The molecule has 0 aliphatic heterocycles. The number of aromatic nitrogens is 10. The Hall–Kier alpha value is -6.34. The van der Waals surface area contributed by atoms with Crippen LogP contribution in [-0.4, -0.2) is 84.5 Å². The van der Waals surface area contributed by atoms with Crippen molar-refractivity contribution in [3.63, 3.8) is 0 Å². The molecule has 10 rings (SSSR count). The Bertz CT molecular complexity index is 2470. The van der Waals surface area contributed by atoms with Crippen LogP contribution < -0.4 is 10.6 Å². The van der Waals surface area contributed by atoms with Gasteiger partial charge >= 0.3 is 11.9 Å². The van der Waals surface area contributed by atoms with E-state index in [1.807, 2.05) is 0 Å². The fraction of sp³-hybridized carbons (Fsp3) is 0.476. The first kappa shape index (κ1) is 41.0. The molecule has 4 fully saturated rings. The number of hydrogen-bond acceptors (Lipinski definition) is 12. The van der Waals surface area contributed by atoms with E-state index < -0.39 is 59.1 Å². The molecule has 6 N–H and O–H groups in total. The second-order valence-electron chi connectivity index (χ2n) is 17.1. The highest BCUT2D eigenvalue weighted by molar-refractivity contribution is 5.89. The number of aliphatic carboxylic acids is 2. The molecule has 324 valence electrons. The molecule has 0 bridgehead atoms. The highest BCUT2D eigenvalue weighted by Crippen LogP contribution is 2.53. The SMILES string of the molecule is O=C(O)C1CCCC2(CCCC2)C1Nc1nc(-c2[nH]nc3ncc(F)cc23)ncc1F.O=C(O)C1CCCC2(CCCC2)C1Nc1nc(-c2[nH]nc3ncc(F)cc23)ncc1F. The Morgan fingerprint density at radius 1 is 0.581 bits per heavy atom. The molecule has 4 aliphatic rings. The first-order chi connectivity index (χ1) is 29.9. The number of aromatic amines is 2. The lowest BCUT2D eigenvalue weighted by atomic mass is 9.64. The second kappa shape index (κ2) is 16.5. The normalized spacial score (nSPS) is 22.8. The highest BCUT2D eigenvalue weighted by Gasteiger charge is 2.51. The molecular weight excluding hydrogens is 813 g/mol. The van der Waals surface area contributed by atoms with E-state index in [-0.39, 0.29) is 34.1 Å². The Morgan fingerprint density at radius 2 is 0.968 bits per heavy atom. The third kappa shape index (κ3) is 7.63. The van der Waals surface area contributed by atoms with Gasteiger partial charge in [0.15, 0.2) is 46.2 Å². The average molecular weight is 857 g/mol. The van der Waals surface area contributed by atoms with Crippen molar-refractivity contribution in [2.24, 2.45) is 22.7 Å². The summed E-state index contributed by atoms with van der Waals surface area (Å²) in [5.74, 6) is -5.24. The highest BCUT2D eigenvalue weighted by atomic mass is 19.1. The zero-order valence-corrected chi connectivity index (χ0v) is 33.5. The van der Waals surface area contributed by atoms with Crippen LogP contribution >= 0.6 is 0 Å². The van der Waals surface area contributed by atoms with Crippen molar-refractivity contribution in [3.05, 3.63) is 60.2 Å². The fourth-order valence-electron chi connectivity index (χ4n) is 10.7. The molecule has 4 aliphatic carbocycles. The molecule has 20 heteroatoms. The number of hydrogen-bond donors (Lipinski definition) is 6. The zero-order valence-electron chi connectivity index (χ0n) is 33.5. The summed E-state index contributed by atoms with van der Waals surface area (Å²) < 4.78 is 56.8. The average Bonchev–Trinajstić information content (AvgIpc) is 4.09. The number of anilines is 2. The van der Waals surface area contributed by atoms with E-state index in [1.165, 1.54) is 12.1 Å². The van der Waals surface area contributed by atoms with E-state index in [4.69, 9.17) is 0 Å². The van der Waals surface area contributed by atoms with Gasteiger partial charge in [0.05, 0.1) is 47.4 Å². The number of nitrogens with zero attached hydrogens (tertiary/aromatic N) is 8. The summed E-state index contributed by atoms with van der Waals surface area (Å²) in [6.45, 7) is 0. The van der Waals surface area contributed by atoms with E-state index in [9.17, 15) is 37.4 Å². The van der Waals surface area contributed by atoms with Crippen molar-refractivity contribution in [2.45, 2.75) is 102 Å². The number of carbonyl (C=O) groups is 2. The predicted molar refractivity (Wildman–Crippen MR) is 216 cm³/mol. The van der Waals surface area contributed by atoms with Crippen LogP contribution in [-0.2, 0) is 9.59 Å². The molecule has 0 aromatic carbocycles. The van der Waals surface area contributed by atoms with Crippen LogP contribution in [0.15, 0.2) is 36.9 Å². The number of carboxylic acid groups (broad SMARTS) is 2. The van der Waals surface area contributed by atoms with Crippen molar-refractivity contribution in [2.75, 3.05) is 10.6 Å². The van der Waals surface area contributed by atoms with Gasteiger partial charge in [0.25, 0.3) is 0 Å². The Morgan fingerprint density at radius 3 is 1.35 bits per heavy atom. The summed E-state index contributed by atoms with van der Waals surface area (Å²) in [5.41, 5.74) is 0.876. The molecule has 6 aromatic heterocycles. The number of nitrogens with one attached hydrogen (secondary N) is 4. The third-order valence-electron chi connectivity index (χ3n) is 13.6. The summed E-state index contributed by atoms with van der Waals surface area (Å²) >= 11 is 0. The standard InChI is InChI=1S/2C21H22F2N6O2/c2*22-11-8-13-15(28-29-17(13)24-9-11)19-25-10-14(23)18(27-19)26-16-12(20(30)31)4-3-7-21(16)5-1-2-6-21/h2*8-10,12,16H,1-7H2,(H,30,31)(H,24,28,29)(H,25,26,27). The smallest absolute Gasteiger partial charge is 0.308 e. The number of fused-ring (bicyclic) bond motifs is 2. The molecular formula is C42H44F4N12O4. The maximum atomic E-state index is 14.7. The maximum absolute atomic E-state index is 14.7. The van der Waals surface area contributed by atoms with E-state index in [1.54, 1.807) is 0 Å². The van der Waals surface area contributed by atoms with E-state index in [0.29, 0.717) is 46.3 Å². The van der Waals surface area contributed by atoms with E-state index in [2.05, 4.69) is 60.9 Å². The van der Waals surface area contributed by atoms with Gasteiger partial charge in [0.2, 0.25) is 0 Å². The summed E-state index contributed by atoms with van der Waals surface area (Å²) in [7, 11) is 0. The molecule has 0 saturated heterocycles. The van der Waals surface area contributed by atoms with Gasteiger partial charge in [-0.05, 0) is 74.3 Å². The number of carboxylic acids is 2. The van der Waals surface area contributed by atoms with E-state index in [0.717, 1.165) is 102 Å². The quantitative estimate of drug-likeness (QED) is 0.0801. The predicted octanol–water partition coefficient (Wildman–Crippen LogP) is 7.84. The lowest BCUT2D eigenvalue weighted by molar-refractivity contribution is -0.146. The van der Waals surface area contributed by atoms with E-state index >= 15 is 0 Å². The first-order valence-corrected chi connectivity index (χ1v) is 21.0. The minimum absolute atomic E-state index is 0.0541. The number of rotatable bonds is 8. The Balaban J connectivity index is 0.000000158. The van der Waals surface area contributed by atoms with Gasteiger partial charge < -0.3 is 20.8 Å². The number of pyridine rings is 2.